The topological polar surface area (TPSA) is 15.3 Å². The van der Waals surface area contributed by atoms with Crippen molar-refractivity contribution in [2.45, 2.75) is 38.3 Å². The number of hydrogen-bond donors (Lipinski definition) is 1. The predicted octanol–water partition coefficient (Wildman–Crippen LogP) is 3.79. The number of halogens is 2. The lowest BCUT2D eigenvalue weighted by Gasteiger charge is -2.34. The summed E-state index contributed by atoms with van der Waals surface area (Å²) in [6, 6.07) is 2.97. The van der Waals surface area contributed by atoms with Crippen molar-refractivity contribution in [2.75, 3.05) is 19.6 Å². The van der Waals surface area contributed by atoms with Gasteiger partial charge in [-0.25, -0.2) is 0 Å². The second-order valence-corrected chi connectivity index (χ2v) is 7.05. The van der Waals surface area contributed by atoms with Crippen LogP contribution in [0.4, 0.5) is 0 Å². The van der Waals surface area contributed by atoms with E-state index in [1.807, 2.05) is 0 Å². The summed E-state index contributed by atoms with van der Waals surface area (Å²) >= 11 is 7.82. The molecular weight excluding hydrogens is 299 g/mol. The van der Waals surface area contributed by atoms with Gasteiger partial charge in [-0.3, -0.25) is 4.90 Å². The van der Waals surface area contributed by atoms with Gasteiger partial charge >= 0.3 is 0 Å². The van der Waals surface area contributed by atoms with E-state index in [-0.39, 0.29) is 12.4 Å². The van der Waals surface area contributed by atoms with Crippen molar-refractivity contribution < 1.29 is 0 Å². The molecule has 0 saturated carbocycles. The number of hydrogen-bond acceptors (Lipinski definition) is 3. The molecule has 3 heterocycles. The Hall–Kier alpha value is 0.200. The standard InChI is InChI=1S/C14H21ClN2S.ClH/c15-14-12(5-9-18-14)10-17-7-3-11(4-8-17)13-2-1-6-16-13;/h5,9,11,13,16H,1-4,6-8,10H2;1H. The molecule has 0 spiro atoms. The highest BCUT2D eigenvalue weighted by molar-refractivity contribution is 7.14. The minimum atomic E-state index is 0. The lowest BCUT2D eigenvalue weighted by Crippen LogP contribution is -2.40. The summed E-state index contributed by atoms with van der Waals surface area (Å²) in [7, 11) is 0. The summed E-state index contributed by atoms with van der Waals surface area (Å²) in [5.41, 5.74) is 1.30. The first-order valence-corrected chi connectivity index (χ1v) is 8.26. The second kappa shape index (κ2) is 7.28. The minimum Gasteiger partial charge on any atom is -0.314 e. The van der Waals surface area contributed by atoms with Crippen LogP contribution in [-0.4, -0.2) is 30.6 Å². The molecule has 5 heteroatoms. The molecule has 2 aliphatic rings. The fraction of sp³-hybridized carbons (Fsp3) is 0.714. The molecule has 1 aromatic heterocycles. The van der Waals surface area contributed by atoms with Crippen LogP contribution in [0, 0.1) is 5.92 Å². The first-order chi connectivity index (χ1) is 8.83. The normalized spacial score (nSPS) is 25.4. The first kappa shape index (κ1) is 15.6. The van der Waals surface area contributed by atoms with Crippen LogP contribution in [0.2, 0.25) is 4.34 Å². The van der Waals surface area contributed by atoms with Crippen molar-refractivity contribution in [3.05, 3.63) is 21.3 Å². The quantitative estimate of drug-likeness (QED) is 0.911. The Labute approximate surface area is 130 Å². The van der Waals surface area contributed by atoms with Crippen LogP contribution in [0.15, 0.2) is 11.4 Å². The molecule has 0 aromatic carbocycles. The van der Waals surface area contributed by atoms with Crippen LogP contribution in [0.25, 0.3) is 0 Å². The number of nitrogens with one attached hydrogen (secondary N) is 1. The number of nitrogens with zero attached hydrogens (tertiary/aromatic N) is 1. The zero-order valence-electron chi connectivity index (χ0n) is 11.1. The Morgan fingerprint density at radius 3 is 2.68 bits per heavy atom. The maximum atomic E-state index is 6.17. The van der Waals surface area contributed by atoms with Crippen molar-refractivity contribution in [3.63, 3.8) is 0 Å². The molecule has 0 amide bonds. The lowest BCUT2D eigenvalue weighted by atomic mass is 9.88. The van der Waals surface area contributed by atoms with E-state index >= 15 is 0 Å². The summed E-state index contributed by atoms with van der Waals surface area (Å²) in [5, 5.41) is 5.75. The molecule has 1 N–H and O–H groups in total. The molecule has 1 aromatic rings. The SMILES string of the molecule is Cl.Clc1sccc1CN1CCC(C2CCCN2)CC1. The van der Waals surface area contributed by atoms with E-state index in [1.165, 1.54) is 50.9 Å². The highest BCUT2D eigenvalue weighted by Gasteiger charge is 2.28. The maximum absolute atomic E-state index is 6.17. The lowest BCUT2D eigenvalue weighted by molar-refractivity contribution is 0.157. The van der Waals surface area contributed by atoms with Gasteiger partial charge < -0.3 is 5.32 Å². The zero-order valence-corrected chi connectivity index (χ0v) is 13.5. The molecule has 0 bridgehead atoms. The fourth-order valence-corrected chi connectivity index (χ4v) is 4.21. The van der Waals surface area contributed by atoms with E-state index in [0.717, 1.165) is 22.8 Å². The van der Waals surface area contributed by atoms with Gasteiger partial charge in [0.05, 0.1) is 4.34 Å². The Balaban J connectivity index is 0.00000133. The van der Waals surface area contributed by atoms with Gasteiger partial charge in [0.1, 0.15) is 0 Å². The van der Waals surface area contributed by atoms with Crippen molar-refractivity contribution in [1.82, 2.24) is 10.2 Å². The van der Waals surface area contributed by atoms with Crippen molar-refractivity contribution >= 4 is 35.3 Å². The van der Waals surface area contributed by atoms with Crippen molar-refractivity contribution in [3.8, 4) is 0 Å². The van der Waals surface area contributed by atoms with Gasteiger partial charge in [-0.2, -0.15) is 0 Å². The monoisotopic (exact) mass is 320 g/mol. The van der Waals surface area contributed by atoms with Gasteiger partial charge in [-0.15, -0.1) is 23.7 Å². The number of likely N-dealkylation sites (tertiary alicyclic amines) is 1. The minimum absolute atomic E-state index is 0. The predicted molar refractivity (Wildman–Crippen MR) is 85.6 cm³/mol. The molecule has 1 unspecified atom stereocenters. The average molecular weight is 321 g/mol. The van der Waals surface area contributed by atoms with Crippen molar-refractivity contribution in [1.29, 1.82) is 0 Å². The maximum Gasteiger partial charge on any atom is 0.0973 e. The molecule has 1 atom stereocenters. The van der Waals surface area contributed by atoms with Crippen LogP contribution >= 0.6 is 35.3 Å². The molecule has 2 saturated heterocycles. The van der Waals surface area contributed by atoms with Crippen LogP contribution in [-0.2, 0) is 6.54 Å². The van der Waals surface area contributed by atoms with E-state index in [0.29, 0.717) is 0 Å². The Morgan fingerprint density at radius 1 is 1.32 bits per heavy atom. The van der Waals surface area contributed by atoms with Crippen LogP contribution in [0.3, 0.4) is 0 Å². The van der Waals surface area contributed by atoms with E-state index in [1.54, 1.807) is 11.3 Å². The van der Waals surface area contributed by atoms with Crippen molar-refractivity contribution in [2.24, 2.45) is 5.92 Å². The Bertz CT molecular complexity index is 383. The highest BCUT2D eigenvalue weighted by atomic mass is 35.5. The second-order valence-electron chi connectivity index (χ2n) is 5.54. The molecule has 0 aliphatic carbocycles. The van der Waals surface area contributed by atoms with E-state index in [9.17, 15) is 0 Å². The molecule has 3 rings (SSSR count). The van der Waals surface area contributed by atoms with Gasteiger partial charge in [0, 0.05) is 12.6 Å². The molecule has 2 nitrogen and oxygen atoms in total. The third-order valence-electron chi connectivity index (χ3n) is 4.39. The average Bonchev–Trinajstić information content (AvgIpc) is 3.03. The molecule has 0 radical (unpaired) electrons. The number of piperidine rings is 1. The third-order valence-corrected chi connectivity index (χ3v) is 5.64. The van der Waals surface area contributed by atoms with Gasteiger partial charge in [0.25, 0.3) is 0 Å². The van der Waals surface area contributed by atoms with Gasteiger partial charge in [-0.05, 0) is 68.2 Å². The molecule has 108 valence electrons. The summed E-state index contributed by atoms with van der Waals surface area (Å²) in [4.78, 5) is 2.55. The molecule has 2 aliphatic heterocycles. The van der Waals surface area contributed by atoms with Gasteiger partial charge in [-0.1, -0.05) is 11.6 Å². The van der Waals surface area contributed by atoms with Gasteiger partial charge in [0.2, 0.25) is 0 Å². The number of thiophene rings is 1. The molecule has 19 heavy (non-hydrogen) atoms. The first-order valence-electron chi connectivity index (χ1n) is 7.00. The third kappa shape index (κ3) is 3.85. The van der Waals surface area contributed by atoms with E-state index in [2.05, 4.69) is 21.7 Å². The largest absolute Gasteiger partial charge is 0.314 e. The number of rotatable bonds is 3. The summed E-state index contributed by atoms with van der Waals surface area (Å²) in [5.74, 6) is 0.904. The molecule has 2 fully saturated rings. The fourth-order valence-electron chi connectivity index (χ4n) is 3.30. The summed E-state index contributed by atoms with van der Waals surface area (Å²) in [6.45, 7) is 4.73. The molecular formula is C14H22Cl2N2S. The highest BCUT2D eigenvalue weighted by Crippen LogP contribution is 2.28. The van der Waals surface area contributed by atoms with Crippen LogP contribution < -0.4 is 5.32 Å². The van der Waals surface area contributed by atoms with E-state index < -0.39 is 0 Å². The Morgan fingerprint density at radius 2 is 2.11 bits per heavy atom. The van der Waals surface area contributed by atoms with Crippen LogP contribution in [0.5, 0.6) is 0 Å². The van der Waals surface area contributed by atoms with Crippen LogP contribution in [0.1, 0.15) is 31.2 Å². The smallest absolute Gasteiger partial charge is 0.0973 e. The van der Waals surface area contributed by atoms with Gasteiger partial charge in [0.15, 0.2) is 0 Å². The summed E-state index contributed by atoms with van der Waals surface area (Å²) in [6.07, 6.45) is 5.45. The summed E-state index contributed by atoms with van der Waals surface area (Å²) < 4.78 is 0.967. The van der Waals surface area contributed by atoms with E-state index in [4.69, 9.17) is 11.6 Å². The Kier molecular flexibility index (Phi) is 5.97. The zero-order chi connectivity index (χ0) is 12.4.